The van der Waals surface area contributed by atoms with E-state index >= 15 is 0 Å². The Bertz CT molecular complexity index is 472. The molecule has 0 atom stereocenters. The number of halogens is 4. The Labute approximate surface area is 97.1 Å². The minimum atomic E-state index is -4.75. The number of hydrogen-bond donors (Lipinski definition) is 0. The van der Waals surface area contributed by atoms with Crippen molar-refractivity contribution in [2.24, 2.45) is 0 Å². The quantitative estimate of drug-likeness (QED) is 0.540. The average molecular weight is 243 g/mol. The van der Waals surface area contributed by atoms with E-state index in [0.717, 1.165) is 11.1 Å². The van der Waals surface area contributed by atoms with Crippen LogP contribution in [0.4, 0.5) is 17.3 Å². The van der Waals surface area contributed by atoms with E-state index in [1.807, 2.05) is 6.92 Å². The van der Waals surface area contributed by atoms with Gasteiger partial charge in [0.25, 0.3) is 0 Å². The predicted octanol–water partition coefficient (Wildman–Crippen LogP) is 4.16. The molecule has 0 spiro atoms. The van der Waals surface area contributed by atoms with E-state index in [9.17, 15) is 17.3 Å². The van der Waals surface area contributed by atoms with Crippen LogP contribution >= 0.6 is 0 Å². The van der Waals surface area contributed by atoms with Crippen molar-refractivity contribution in [2.75, 3.05) is 0 Å². The monoisotopic (exact) mass is 243 g/mol. The van der Waals surface area contributed by atoms with Gasteiger partial charge in [0.2, 0.25) is 0 Å². The van der Waals surface area contributed by atoms with Crippen LogP contribution in [0.25, 0.3) is 0 Å². The Morgan fingerprint density at radius 3 is 2.24 bits per heavy atom. The lowest BCUT2D eigenvalue weighted by atomic mass is 9.23. The van der Waals surface area contributed by atoms with Gasteiger partial charge < -0.3 is 12.9 Å². The van der Waals surface area contributed by atoms with Gasteiger partial charge in [-0.2, -0.15) is 0 Å². The van der Waals surface area contributed by atoms with Crippen LogP contribution in [0.1, 0.15) is 30.4 Å². The molecule has 17 heavy (non-hydrogen) atoms. The summed E-state index contributed by atoms with van der Waals surface area (Å²) in [5.74, 6) is -0.359. The van der Waals surface area contributed by atoms with Crippen LogP contribution in [0.5, 0.6) is 0 Å². The first-order valence-electron chi connectivity index (χ1n) is 5.74. The Morgan fingerprint density at radius 1 is 1.12 bits per heavy atom. The maximum Gasteiger partial charge on any atom is 0.484 e. The Kier molecular flexibility index (Phi) is 1.88. The van der Waals surface area contributed by atoms with E-state index in [-0.39, 0.29) is 30.5 Å². The largest absolute Gasteiger partial charge is 0.484 e. The van der Waals surface area contributed by atoms with Crippen molar-refractivity contribution in [3.8, 4) is 0 Å². The molecular formula is C12H12BF4-. The van der Waals surface area contributed by atoms with Crippen molar-refractivity contribution in [3.63, 3.8) is 0 Å². The first-order valence-corrected chi connectivity index (χ1v) is 5.74. The zero-order valence-electron chi connectivity index (χ0n) is 9.44. The molecule has 3 aliphatic rings. The van der Waals surface area contributed by atoms with Crippen molar-refractivity contribution in [3.05, 3.63) is 35.1 Å². The maximum absolute atomic E-state index is 13.2. The highest BCUT2D eigenvalue weighted by molar-refractivity contribution is 6.63. The predicted molar refractivity (Wildman–Crippen MR) is 58.4 cm³/mol. The van der Waals surface area contributed by atoms with Gasteiger partial charge in [-0.05, 0) is 35.6 Å². The van der Waals surface area contributed by atoms with E-state index < -0.39 is 12.3 Å². The molecule has 4 rings (SSSR count). The summed E-state index contributed by atoms with van der Waals surface area (Å²) >= 11 is 0. The number of aryl methyl sites for hydroxylation is 1. The van der Waals surface area contributed by atoms with E-state index in [2.05, 4.69) is 0 Å². The first kappa shape index (κ1) is 11.1. The molecule has 0 N–H and O–H groups in total. The maximum atomic E-state index is 13.2. The third-order valence-corrected chi connectivity index (χ3v) is 4.54. The average Bonchev–Trinajstić information content (AvgIpc) is 2.03. The Morgan fingerprint density at radius 2 is 1.71 bits per heavy atom. The summed E-state index contributed by atoms with van der Waals surface area (Å²) in [6, 6.07) is 4.41. The Hall–Kier alpha value is -0.995. The molecule has 0 heterocycles. The van der Waals surface area contributed by atoms with Gasteiger partial charge in [-0.15, -0.1) is 0 Å². The molecule has 1 aromatic rings. The number of hydrogen-bond acceptors (Lipinski definition) is 0. The normalized spacial score (nSPS) is 35.1. The molecule has 0 unspecified atom stereocenters. The van der Waals surface area contributed by atoms with Gasteiger partial charge in [0.15, 0.2) is 0 Å². The number of benzene rings is 1. The molecule has 0 radical (unpaired) electrons. The third-order valence-electron chi connectivity index (χ3n) is 4.54. The summed E-state index contributed by atoms with van der Waals surface area (Å²) in [6.07, 6.45) is 0.482. The summed E-state index contributed by atoms with van der Waals surface area (Å²) < 4.78 is 51.5. The van der Waals surface area contributed by atoms with E-state index in [1.54, 1.807) is 6.07 Å². The Balaban J connectivity index is 1.89. The van der Waals surface area contributed by atoms with Crippen molar-refractivity contribution >= 4 is 6.98 Å². The molecule has 1 aromatic carbocycles. The lowest BCUT2D eigenvalue weighted by molar-refractivity contribution is -0.0406. The second kappa shape index (κ2) is 2.87. The van der Waals surface area contributed by atoms with Crippen LogP contribution in [0.15, 0.2) is 18.2 Å². The van der Waals surface area contributed by atoms with Gasteiger partial charge in [0.1, 0.15) is 5.82 Å². The molecule has 0 amide bonds. The summed E-state index contributed by atoms with van der Waals surface area (Å²) in [7, 11) is 0. The third kappa shape index (κ3) is 1.25. The van der Waals surface area contributed by atoms with Gasteiger partial charge in [-0.3, -0.25) is 0 Å². The highest BCUT2D eigenvalue weighted by atomic mass is 19.4. The highest BCUT2D eigenvalue weighted by Gasteiger charge is 2.74. The fraction of sp³-hybridized carbons (Fsp3) is 0.500. The fourth-order valence-electron chi connectivity index (χ4n) is 3.66. The summed E-state index contributed by atoms with van der Waals surface area (Å²) in [6.45, 7) is -2.91. The van der Waals surface area contributed by atoms with Gasteiger partial charge in [0, 0.05) is 0 Å². The molecule has 2 bridgehead atoms. The second-order valence-corrected chi connectivity index (χ2v) is 5.71. The van der Waals surface area contributed by atoms with Crippen molar-refractivity contribution in [2.45, 2.75) is 36.9 Å². The summed E-state index contributed by atoms with van der Waals surface area (Å²) in [5, 5.41) is -1.40. The molecule has 3 saturated carbocycles. The van der Waals surface area contributed by atoms with Gasteiger partial charge in [0.05, 0.1) is 0 Å². The zero-order chi connectivity index (χ0) is 12.5. The second-order valence-electron chi connectivity index (χ2n) is 5.71. The number of rotatable bonds is 2. The minimum Gasteiger partial charge on any atom is -0.449 e. The molecule has 0 aliphatic heterocycles. The SMILES string of the molecule is Cc1ccc(F)cc1C12CC([B-](F)(F)F)(C1)C2. The van der Waals surface area contributed by atoms with Gasteiger partial charge >= 0.3 is 6.98 Å². The lowest BCUT2D eigenvalue weighted by Gasteiger charge is -2.75. The minimum absolute atomic E-state index is 0.161. The van der Waals surface area contributed by atoms with E-state index in [4.69, 9.17) is 0 Å². The van der Waals surface area contributed by atoms with Crippen LogP contribution < -0.4 is 0 Å². The molecule has 0 saturated heterocycles. The fourth-order valence-corrected chi connectivity index (χ4v) is 3.66. The summed E-state index contributed by atoms with van der Waals surface area (Å²) in [4.78, 5) is 0. The highest BCUT2D eigenvalue weighted by Crippen LogP contribution is 2.82. The van der Waals surface area contributed by atoms with Gasteiger partial charge in [-0.1, -0.05) is 30.6 Å². The van der Waals surface area contributed by atoms with Crippen LogP contribution in [0, 0.1) is 12.7 Å². The van der Waals surface area contributed by atoms with E-state index in [0.29, 0.717) is 0 Å². The lowest BCUT2D eigenvalue weighted by Crippen LogP contribution is -2.67. The molecule has 3 aliphatic carbocycles. The van der Waals surface area contributed by atoms with Gasteiger partial charge in [-0.25, -0.2) is 4.39 Å². The topological polar surface area (TPSA) is 0 Å². The van der Waals surface area contributed by atoms with Crippen LogP contribution in [0.2, 0.25) is 5.31 Å². The molecule has 92 valence electrons. The molecular weight excluding hydrogens is 231 g/mol. The summed E-state index contributed by atoms with van der Waals surface area (Å²) in [5.41, 5.74) is 1.29. The van der Waals surface area contributed by atoms with Crippen molar-refractivity contribution in [1.29, 1.82) is 0 Å². The van der Waals surface area contributed by atoms with Crippen molar-refractivity contribution < 1.29 is 17.3 Å². The van der Waals surface area contributed by atoms with Crippen molar-refractivity contribution in [1.82, 2.24) is 0 Å². The molecule has 3 fully saturated rings. The van der Waals surface area contributed by atoms with Crippen LogP contribution in [-0.2, 0) is 5.41 Å². The standard InChI is InChI=1S/C12H12BF4/c1-8-2-3-9(14)4-10(8)11-5-12(6-11,7-11)13(15,16)17/h2-4H,5-7H2,1H3/q-1. The first-order chi connectivity index (χ1) is 7.78. The van der Waals surface area contributed by atoms with E-state index in [1.165, 1.54) is 12.1 Å². The van der Waals surface area contributed by atoms with Crippen LogP contribution in [0.3, 0.4) is 0 Å². The zero-order valence-corrected chi connectivity index (χ0v) is 9.44. The molecule has 0 aromatic heterocycles. The molecule has 5 heteroatoms. The molecule has 0 nitrogen and oxygen atoms in total. The smallest absolute Gasteiger partial charge is 0.449 e. The van der Waals surface area contributed by atoms with Crippen LogP contribution in [-0.4, -0.2) is 6.98 Å².